The maximum atomic E-state index is 8.86. The second-order valence-electron chi connectivity index (χ2n) is 3.00. The summed E-state index contributed by atoms with van der Waals surface area (Å²) in [6.07, 6.45) is 0. The van der Waals surface area contributed by atoms with Crippen molar-refractivity contribution in [3.63, 3.8) is 0 Å². The SMILES string of the molecule is C=C(C#N)c1c(OC)cc(OC)cc1OC. The average molecular weight is 219 g/mol. The van der Waals surface area contributed by atoms with Crippen LogP contribution in [0.5, 0.6) is 17.2 Å². The highest BCUT2D eigenvalue weighted by molar-refractivity contribution is 5.83. The topological polar surface area (TPSA) is 51.5 Å². The van der Waals surface area contributed by atoms with Gasteiger partial charge in [-0.05, 0) is 0 Å². The fourth-order valence-corrected chi connectivity index (χ4v) is 1.36. The average Bonchev–Trinajstić information content (AvgIpc) is 2.35. The summed E-state index contributed by atoms with van der Waals surface area (Å²) in [6.45, 7) is 3.65. The van der Waals surface area contributed by atoms with Crippen molar-refractivity contribution in [2.24, 2.45) is 0 Å². The number of ether oxygens (including phenoxy) is 3. The molecule has 0 saturated carbocycles. The quantitative estimate of drug-likeness (QED) is 0.729. The summed E-state index contributed by atoms with van der Waals surface area (Å²) in [5, 5.41) is 8.86. The lowest BCUT2D eigenvalue weighted by Crippen LogP contribution is -1.97. The normalized spacial score (nSPS) is 9.12. The van der Waals surface area contributed by atoms with Gasteiger partial charge < -0.3 is 14.2 Å². The summed E-state index contributed by atoms with van der Waals surface area (Å²) >= 11 is 0. The van der Waals surface area contributed by atoms with Gasteiger partial charge in [-0.25, -0.2) is 0 Å². The van der Waals surface area contributed by atoms with Crippen LogP contribution in [0.4, 0.5) is 0 Å². The molecule has 1 rings (SSSR count). The first-order valence-electron chi connectivity index (χ1n) is 4.57. The van der Waals surface area contributed by atoms with Crippen LogP contribution < -0.4 is 14.2 Å². The number of benzene rings is 1. The molecule has 0 atom stereocenters. The molecular weight excluding hydrogens is 206 g/mol. The largest absolute Gasteiger partial charge is 0.496 e. The number of hydrogen-bond donors (Lipinski definition) is 0. The molecule has 0 N–H and O–H groups in total. The lowest BCUT2D eigenvalue weighted by molar-refractivity contribution is 0.374. The third kappa shape index (κ3) is 2.09. The van der Waals surface area contributed by atoms with Crippen LogP contribution >= 0.6 is 0 Å². The van der Waals surface area contributed by atoms with E-state index in [9.17, 15) is 0 Å². The van der Waals surface area contributed by atoms with Crippen LogP contribution in [-0.2, 0) is 0 Å². The minimum atomic E-state index is 0.288. The number of nitriles is 1. The molecule has 84 valence electrons. The summed E-state index contributed by atoms with van der Waals surface area (Å²) in [4.78, 5) is 0. The molecule has 4 nitrogen and oxygen atoms in total. The third-order valence-corrected chi connectivity index (χ3v) is 2.15. The van der Waals surface area contributed by atoms with E-state index < -0.39 is 0 Å². The van der Waals surface area contributed by atoms with E-state index in [1.807, 2.05) is 6.07 Å². The van der Waals surface area contributed by atoms with Gasteiger partial charge >= 0.3 is 0 Å². The lowest BCUT2D eigenvalue weighted by atomic mass is 10.1. The van der Waals surface area contributed by atoms with Crippen LogP contribution in [0.2, 0.25) is 0 Å². The number of methoxy groups -OCH3 is 3. The molecule has 0 radical (unpaired) electrons. The lowest BCUT2D eigenvalue weighted by Gasteiger charge is -2.13. The zero-order chi connectivity index (χ0) is 12.1. The van der Waals surface area contributed by atoms with Gasteiger partial charge in [0.15, 0.2) is 0 Å². The van der Waals surface area contributed by atoms with Crippen molar-refractivity contribution in [3.05, 3.63) is 24.3 Å². The van der Waals surface area contributed by atoms with E-state index in [0.717, 1.165) is 0 Å². The molecule has 0 bridgehead atoms. The molecule has 0 amide bonds. The van der Waals surface area contributed by atoms with E-state index in [-0.39, 0.29) is 5.57 Å². The Bertz CT molecular complexity index is 421. The molecular formula is C12H13NO3. The van der Waals surface area contributed by atoms with Gasteiger partial charge in [0.2, 0.25) is 0 Å². The molecule has 0 aromatic heterocycles. The maximum absolute atomic E-state index is 8.86. The molecule has 1 aromatic carbocycles. The first kappa shape index (κ1) is 11.9. The van der Waals surface area contributed by atoms with E-state index >= 15 is 0 Å². The monoisotopic (exact) mass is 219 g/mol. The molecule has 4 heteroatoms. The summed E-state index contributed by atoms with van der Waals surface area (Å²) in [5.74, 6) is 1.61. The Balaban J connectivity index is 3.44. The van der Waals surface area contributed by atoms with E-state index in [1.54, 1.807) is 19.2 Å². The maximum Gasteiger partial charge on any atom is 0.134 e. The van der Waals surface area contributed by atoms with Crippen LogP contribution in [0.25, 0.3) is 5.57 Å². The van der Waals surface area contributed by atoms with E-state index in [4.69, 9.17) is 19.5 Å². The van der Waals surface area contributed by atoms with Crippen molar-refractivity contribution in [2.75, 3.05) is 21.3 Å². The molecule has 0 aliphatic rings. The molecule has 16 heavy (non-hydrogen) atoms. The molecule has 0 aliphatic carbocycles. The van der Waals surface area contributed by atoms with Gasteiger partial charge in [-0.3, -0.25) is 0 Å². The molecule has 0 unspecified atom stereocenters. The molecule has 0 heterocycles. The standard InChI is InChI=1S/C12H13NO3/c1-8(7-13)12-10(15-3)5-9(14-2)6-11(12)16-4/h5-6H,1H2,2-4H3. The van der Waals surface area contributed by atoms with Crippen molar-refractivity contribution in [1.82, 2.24) is 0 Å². The Morgan fingerprint density at radius 3 is 1.94 bits per heavy atom. The van der Waals surface area contributed by atoms with Crippen molar-refractivity contribution >= 4 is 5.57 Å². The predicted molar refractivity (Wildman–Crippen MR) is 60.7 cm³/mol. The number of rotatable bonds is 4. The second kappa shape index (κ2) is 5.08. The van der Waals surface area contributed by atoms with Crippen LogP contribution in [0.3, 0.4) is 0 Å². The highest BCUT2D eigenvalue weighted by atomic mass is 16.5. The van der Waals surface area contributed by atoms with Crippen LogP contribution in [0.1, 0.15) is 5.56 Å². The van der Waals surface area contributed by atoms with Gasteiger partial charge in [0.05, 0.1) is 38.5 Å². The van der Waals surface area contributed by atoms with Gasteiger partial charge in [-0.1, -0.05) is 6.58 Å². The Labute approximate surface area is 94.7 Å². The van der Waals surface area contributed by atoms with Crippen molar-refractivity contribution < 1.29 is 14.2 Å². The van der Waals surface area contributed by atoms with Gasteiger partial charge in [0, 0.05) is 12.1 Å². The molecule has 0 saturated heterocycles. The van der Waals surface area contributed by atoms with Crippen molar-refractivity contribution in [1.29, 1.82) is 5.26 Å². The van der Waals surface area contributed by atoms with Crippen LogP contribution in [0, 0.1) is 11.3 Å². The Hall–Kier alpha value is -2.15. The molecule has 1 aromatic rings. The minimum Gasteiger partial charge on any atom is -0.496 e. The highest BCUT2D eigenvalue weighted by Crippen LogP contribution is 2.37. The first-order valence-corrected chi connectivity index (χ1v) is 4.57. The van der Waals surface area contributed by atoms with Gasteiger partial charge in [0.1, 0.15) is 17.2 Å². The van der Waals surface area contributed by atoms with Crippen molar-refractivity contribution in [3.8, 4) is 23.3 Å². The Morgan fingerprint density at radius 1 is 1.12 bits per heavy atom. The van der Waals surface area contributed by atoms with Crippen LogP contribution in [0.15, 0.2) is 18.7 Å². The minimum absolute atomic E-state index is 0.288. The van der Waals surface area contributed by atoms with Gasteiger partial charge in [-0.15, -0.1) is 0 Å². The summed E-state index contributed by atoms with van der Waals surface area (Å²) in [7, 11) is 4.58. The molecule has 0 aliphatic heterocycles. The number of allylic oxidation sites excluding steroid dienone is 1. The van der Waals surface area contributed by atoms with E-state index in [0.29, 0.717) is 22.8 Å². The summed E-state index contributed by atoms with van der Waals surface area (Å²) < 4.78 is 15.5. The van der Waals surface area contributed by atoms with Gasteiger partial charge in [0.25, 0.3) is 0 Å². The third-order valence-electron chi connectivity index (χ3n) is 2.15. The van der Waals surface area contributed by atoms with Crippen LogP contribution in [-0.4, -0.2) is 21.3 Å². The highest BCUT2D eigenvalue weighted by Gasteiger charge is 2.15. The number of nitrogens with zero attached hydrogens (tertiary/aromatic N) is 1. The Kier molecular flexibility index (Phi) is 3.78. The molecule has 0 fully saturated rings. The van der Waals surface area contributed by atoms with Gasteiger partial charge in [-0.2, -0.15) is 5.26 Å². The fraction of sp³-hybridized carbons (Fsp3) is 0.250. The van der Waals surface area contributed by atoms with E-state index in [2.05, 4.69) is 6.58 Å². The summed E-state index contributed by atoms with van der Waals surface area (Å²) in [5.41, 5.74) is 0.838. The first-order chi connectivity index (χ1) is 7.67. The Morgan fingerprint density at radius 2 is 1.62 bits per heavy atom. The molecule has 0 spiro atoms. The predicted octanol–water partition coefficient (Wildman–Crippen LogP) is 2.25. The smallest absolute Gasteiger partial charge is 0.134 e. The summed E-state index contributed by atoms with van der Waals surface area (Å²) in [6, 6.07) is 5.33. The zero-order valence-corrected chi connectivity index (χ0v) is 9.53. The van der Waals surface area contributed by atoms with Crippen molar-refractivity contribution in [2.45, 2.75) is 0 Å². The van der Waals surface area contributed by atoms with E-state index in [1.165, 1.54) is 14.2 Å². The zero-order valence-electron chi connectivity index (χ0n) is 9.53. The fourth-order valence-electron chi connectivity index (χ4n) is 1.36. The second-order valence-corrected chi connectivity index (χ2v) is 3.00. The number of hydrogen-bond acceptors (Lipinski definition) is 4.